The molecule has 0 saturated carbocycles. The van der Waals surface area contributed by atoms with Crippen LogP contribution < -0.4 is 0 Å². The van der Waals surface area contributed by atoms with E-state index in [1.807, 2.05) is 27.7 Å². The van der Waals surface area contributed by atoms with Gasteiger partial charge in [0.15, 0.2) is 11.5 Å². The molecule has 0 bridgehead atoms. The number of hydrogen-bond donors (Lipinski definition) is 6. The van der Waals surface area contributed by atoms with Gasteiger partial charge in [-0.05, 0) is 73.9 Å². The van der Waals surface area contributed by atoms with Crippen molar-refractivity contribution in [3.63, 3.8) is 0 Å². The minimum atomic E-state index is -1.19. The van der Waals surface area contributed by atoms with Crippen molar-refractivity contribution in [1.82, 2.24) is 9.97 Å². The molecule has 2 aromatic carbocycles. The molecule has 2 heterocycles. The van der Waals surface area contributed by atoms with Gasteiger partial charge in [-0.3, -0.25) is 9.59 Å². The van der Waals surface area contributed by atoms with Crippen LogP contribution in [0, 0.1) is 11.8 Å². The van der Waals surface area contributed by atoms with Crippen LogP contribution in [0.5, 0.6) is 0 Å². The number of allylic oxidation sites excluding steroid dienone is 2. The third kappa shape index (κ3) is 5.27. The number of carboxylic acids is 2. The Labute approximate surface area is 252 Å². The SMILES string of the molecule is CC(C)CCc1[nH]c2ccc(C(=O)O)cc2c1C1=C(O)C(=O)C(c2c(CCC(C)C)[nH]c3ccc(C(=O)O)cc23)=C(O)C1=O. The average Bonchev–Trinajstić information content (AvgIpc) is 3.51. The number of carbonyl (C=O) groups excluding carboxylic acids is 2. The maximum absolute atomic E-state index is 14.0. The summed E-state index contributed by atoms with van der Waals surface area (Å²) < 4.78 is 0. The smallest absolute Gasteiger partial charge is 0.335 e. The van der Waals surface area contributed by atoms with Crippen molar-refractivity contribution in [3.05, 3.63) is 81.6 Å². The first-order valence-corrected chi connectivity index (χ1v) is 14.5. The zero-order valence-electron chi connectivity index (χ0n) is 24.9. The van der Waals surface area contributed by atoms with Crippen molar-refractivity contribution in [1.29, 1.82) is 0 Å². The molecule has 10 heteroatoms. The third-order valence-corrected chi connectivity index (χ3v) is 8.05. The fraction of sp³-hybridized carbons (Fsp3) is 0.294. The Morgan fingerprint density at radius 1 is 0.659 bits per heavy atom. The highest BCUT2D eigenvalue weighted by molar-refractivity contribution is 6.48. The topological polar surface area (TPSA) is 181 Å². The van der Waals surface area contributed by atoms with Crippen LogP contribution in [-0.4, -0.2) is 53.9 Å². The minimum Gasteiger partial charge on any atom is -0.504 e. The van der Waals surface area contributed by atoms with E-state index in [0.29, 0.717) is 58.9 Å². The molecule has 0 aliphatic heterocycles. The van der Waals surface area contributed by atoms with Crippen LogP contribution in [0.15, 0.2) is 47.9 Å². The molecule has 228 valence electrons. The number of aromatic carboxylic acids is 2. The highest BCUT2D eigenvalue weighted by Gasteiger charge is 2.40. The van der Waals surface area contributed by atoms with Crippen molar-refractivity contribution < 1.29 is 39.6 Å². The van der Waals surface area contributed by atoms with Gasteiger partial charge in [0.2, 0.25) is 11.6 Å². The lowest BCUT2D eigenvalue weighted by Gasteiger charge is -2.20. The largest absolute Gasteiger partial charge is 0.504 e. The Morgan fingerprint density at radius 3 is 1.34 bits per heavy atom. The number of carbonyl (C=O) groups is 4. The van der Waals surface area contributed by atoms with Crippen LogP contribution >= 0.6 is 0 Å². The van der Waals surface area contributed by atoms with Gasteiger partial charge in [0, 0.05) is 44.3 Å². The number of ketones is 2. The number of rotatable bonds is 10. The van der Waals surface area contributed by atoms with Crippen molar-refractivity contribution >= 4 is 56.5 Å². The number of carboxylic acid groups (broad SMARTS) is 2. The quantitative estimate of drug-likeness (QED) is 0.110. The van der Waals surface area contributed by atoms with Gasteiger partial charge in [-0.25, -0.2) is 9.59 Å². The van der Waals surface area contributed by atoms with E-state index in [2.05, 4.69) is 9.97 Å². The number of Topliss-reactive ketones (excluding diaryl/α,β-unsaturated/α-hetero) is 2. The van der Waals surface area contributed by atoms with Crippen molar-refractivity contribution in [3.8, 4) is 0 Å². The van der Waals surface area contributed by atoms with Crippen molar-refractivity contribution in [2.75, 3.05) is 0 Å². The van der Waals surface area contributed by atoms with E-state index in [1.54, 1.807) is 12.1 Å². The molecule has 0 amide bonds. The number of benzene rings is 2. The Hall–Kier alpha value is -5.12. The molecule has 0 atom stereocenters. The summed E-state index contributed by atoms with van der Waals surface area (Å²) >= 11 is 0. The minimum absolute atomic E-state index is 0.0499. The molecule has 10 nitrogen and oxygen atoms in total. The van der Waals surface area contributed by atoms with Gasteiger partial charge < -0.3 is 30.4 Å². The number of hydrogen-bond acceptors (Lipinski definition) is 6. The molecule has 0 fully saturated rings. The Balaban J connectivity index is 1.74. The van der Waals surface area contributed by atoms with Crippen molar-refractivity contribution in [2.24, 2.45) is 11.8 Å². The third-order valence-electron chi connectivity index (χ3n) is 8.05. The number of fused-ring (bicyclic) bond motifs is 2. The monoisotopic (exact) mass is 598 g/mol. The highest BCUT2D eigenvalue weighted by atomic mass is 16.4. The van der Waals surface area contributed by atoms with Crippen LogP contribution in [0.4, 0.5) is 0 Å². The number of aliphatic hydroxyl groups excluding tert-OH is 2. The first-order valence-electron chi connectivity index (χ1n) is 14.5. The van der Waals surface area contributed by atoms with Crippen LogP contribution in [0.3, 0.4) is 0 Å². The lowest BCUT2D eigenvalue weighted by molar-refractivity contribution is -0.116. The summed E-state index contributed by atoms with van der Waals surface area (Å²) in [5.74, 6) is -5.58. The average molecular weight is 599 g/mol. The Bertz CT molecular complexity index is 1790. The van der Waals surface area contributed by atoms with Crippen LogP contribution in [0.25, 0.3) is 33.0 Å². The molecular weight excluding hydrogens is 564 g/mol. The molecule has 0 unspecified atom stereocenters. The van der Waals surface area contributed by atoms with Crippen LogP contribution in [0.1, 0.15) is 83.8 Å². The van der Waals surface area contributed by atoms with Crippen LogP contribution in [0.2, 0.25) is 0 Å². The van der Waals surface area contributed by atoms with Gasteiger partial charge in [-0.15, -0.1) is 0 Å². The molecule has 44 heavy (non-hydrogen) atoms. The zero-order valence-corrected chi connectivity index (χ0v) is 24.9. The van der Waals surface area contributed by atoms with E-state index >= 15 is 0 Å². The highest BCUT2D eigenvalue weighted by Crippen LogP contribution is 2.42. The van der Waals surface area contributed by atoms with E-state index in [1.165, 1.54) is 24.3 Å². The summed E-state index contributed by atoms with van der Waals surface area (Å²) in [6, 6.07) is 8.68. The van der Waals surface area contributed by atoms with Gasteiger partial charge >= 0.3 is 11.9 Å². The van der Waals surface area contributed by atoms with E-state index in [9.17, 15) is 39.6 Å². The zero-order chi connectivity index (χ0) is 32.0. The van der Waals surface area contributed by atoms with E-state index < -0.39 is 46.2 Å². The molecule has 6 N–H and O–H groups in total. The fourth-order valence-corrected chi connectivity index (χ4v) is 5.72. The molecule has 0 saturated heterocycles. The second-order valence-corrected chi connectivity index (χ2v) is 12.1. The number of aryl methyl sites for hydroxylation is 2. The maximum atomic E-state index is 14.0. The Morgan fingerprint density at radius 2 is 1.02 bits per heavy atom. The standard InChI is InChI=1S/C34H34N2O8/c1-15(2)5-9-23-25(19-13-17(33(41)42)7-11-21(19)35-23)27-29(37)31(39)28(32(40)30(27)38)26-20-14-18(34(43)44)8-12-22(20)36-24(26)10-6-16(3)4/h7-8,11-16,35-37,40H,5-6,9-10H2,1-4H3,(H,41,42)(H,43,44). The van der Waals surface area contributed by atoms with Crippen LogP contribution in [-0.2, 0) is 22.4 Å². The molecular formula is C34H34N2O8. The van der Waals surface area contributed by atoms with E-state index in [4.69, 9.17) is 0 Å². The van der Waals surface area contributed by atoms with Gasteiger partial charge in [0.1, 0.15) is 0 Å². The lowest BCUT2D eigenvalue weighted by Crippen LogP contribution is -2.23. The number of aliphatic hydroxyl groups is 2. The van der Waals surface area contributed by atoms with Gasteiger partial charge in [0.25, 0.3) is 0 Å². The summed E-state index contributed by atoms with van der Waals surface area (Å²) in [6.07, 6.45) is 2.24. The second kappa shape index (κ2) is 11.5. The molecule has 0 radical (unpaired) electrons. The van der Waals surface area contributed by atoms with E-state index in [0.717, 1.165) is 0 Å². The molecule has 2 aromatic heterocycles. The summed E-state index contributed by atoms with van der Waals surface area (Å²) in [6.45, 7) is 8.08. The molecule has 1 aliphatic rings. The molecule has 4 aromatic rings. The summed E-state index contributed by atoms with van der Waals surface area (Å²) in [4.78, 5) is 58.0. The predicted molar refractivity (Wildman–Crippen MR) is 166 cm³/mol. The molecule has 0 spiro atoms. The first-order chi connectivity index (χ1) is 20.8. The van der Waals surface area contributed by atoms with E-state index in [-0.39, 0.29) is 34.1 Å². The van der Waals surface area contributed by atoms with Gasteiger partial charge in [-0.2, -0.15) is 0 Å². The Kier molecular flexibility index (Phi) is 7.94. The number of nitrogens with one attached hydrogen (secondary N) is 2. The van der Waals surface area contributed by atoms with Gasteiger partial charge in [-0.1, -0.05) is 27.7 Å². The summed E-state index contributed by atoms with van der Waals surface area (Å²) in [7, 11) is 0. The van der Waals surface area contributed by atoms with Gasteiger partial charge in [0.05, 0.1) is 22.3 Å². The first kappa shape index (κ1) is 30.3. The summed E-state index contributed by atoms with van der Waals surface area (Å²) in [5.41, 5.74) is 1.45. The number of H-pyrrole nitrogens is 2. The molecule has 1 aliphatic carbocycles. The number of aromatic nitrogens is 2. The normalized spacial score (nSPS) is 14.2. The lowest BCUT2D eigenvalue weighted by atomic mass is 9.83. The maximum Gasteiger partial charge on any atom is 0.335 e. The van der Waals surface area contributed by atoms with Crippen molar-refractivity contribution in [2.45, 2.75) is 53.4 Å². The molecule has 5 rings (SSSR count). The second-order valence-electron chi connectivity index (χ2n) is 12.1. The fourth-order valence-electron chi connectivity index (χ4n) is 5.72. The predicted octanol–water partition coefficient (Wildman–Crippen LogP) is 6.61. The summed E-state index contributed by atoms with van der Waals surface area (Å²) in [5, 5.41) is 42.8. The number of aromatic amines is 2.